The number of ether oxygens (including phenoxy) is 3. The average Bonchev–Trinajstić information content (AvgIpc) is 2.92. The summed E-state index contributed by atoms with van der Waals surface area (Å²) < 4.78 is 16.5. The number of amides is 2. The molecule has 0 aliphatic carbocycles. The molecule has 0 aromatic heterocycles. The molecule has 1 N–H and O–H groups in total. The van der Waals surface area contributed by atoms with Crippen molar-refractivity contribution in [3.05, 3.63) is 53.6 Å². The smallest absolute Gasteiger partial charge is 0.411 e. The second-order valence-corrected chi connectivity index (χ2v) is 9.28. The topological polar surface area (TPSA) is 92.7 Å². The van der Waals surface area contributed by atoms with Gasteiger partial charge >= 0.3 is 11.3 Å². The number of hydrogen-bond acceptors (Lipinski definition) is 8. The number of hydrazone groups is 1. The number of benzene rings is 2. The monoisotopic (exact) mass is 528 g/mol. The Balaban J connectivity index is 1.61. The minimum atomic E-state index is -0.487. The zero-order chi connectivity index (χ0) is 26.6. The van der Waals surface area contributed by atoms with Crippen LogP contribution in [0, 0.1) is 0 Å². The molecule has 2 aromatic carbocycles. The summed E-state index contributed by atoms with van der Waals surface area (Å²) in [6, 6.07) is 13.0. The van der Waals surface area contributed by atoms with Gasteiger partial charge in [0.25, 0.3) is 0 Å². The zero-order valence-electron chi connectivity index (χ0n) is 22.0. The summed E-state index contributed by atoms with van der Waals surface area (Å²) in [7, 11) is 1.61. The number of thioether (sulfide) groups is 1. The fourth-order valence-electron chi connectivity index (χ4n) is 3.67. The predicted octanol–water partition coefficient (Wildman–Crippen LogP) is 5.45. The van der Waals surface area contributed by atoms with Crippen LogP contribution in [0.4, 0.5) is 15.3 Å². The third kappa shape index (κ3) is 8.40. The highest BCUT2D eigenvalue weighted by Gasteiger charge is 2.23. The number of hydrogen-bond donors (Lipinski definition) is 1. The van der Waals surface area contributed by atoms with E-state index in [1.165, 1.54) is 16.8 Å². The number of carbonyl (C=O) groups excluding carboxylic acids is 2. The van der Waals surface area contributed by atoms with Gasteiger partial charge in [0.2, 0.25) is 0 Å². The second kappa shape index (κ2) is 14.5. The number of likely N-dealkylation sites (N-methyl/N-ethyl adjacent to an activating group) is 1. The minimum Gasteiger partial charge on any atom is -0.493 e. The van der Waals surface area contributed by atoms with Crippen LogP contribution < -0.4 is 14.8 Å². The normalized spacial score (nSPS) is 13.4. The summed E-state index contributed by atoms with van der Waals surface area (Å²) in [6.45, 7) is 9.97. The van der Waals surface area contributed by atoms with E-state index in [2.05, 4.69) is 29.2 Å². The fraction of sp³-hybridized carbons (Fsp3) is 0.444. The summed E-state index contributed by atoms with van der Waals surface area (Å²) in [5, 5.41) is 8.71. The van der Waals surface area contributed by atoms with Gasteiger partial charge in [0.1, 0.15) is 6.61 Å². The third-order valence-electron chi connectivity index (χ3n) is 5.81. The lowest BCUT2D eigenvalue weighted by atomic mass is 10.1. The predicted molar refractivity (Wildman–Crippen MR) is 148 cm³/mol. The Bertz CT molecular complexity index is 1070. The molecule has 0 fully saturated rings. The molecular formula is C27H36N4O5S. The van der Waals surface area contributed by atoms with E-state index in [9.17, 15) is 9.59 Å². The molecule has 10 heteroatoms. The van der Waals surface area contributed by atoms with Crippen molar-refractivity contribution in [1.82, 2.24) is 9.91 Å². The minimum absolute atomic E-state index is 0.112. The van der Waals surface area contributed by atoms with Crippen molar-refractivity contribution in [2.24, 2.45) is 5.10 Å². The molecular weight excluding hydrogens is 492 g/mol. The first-order valence-corrected chi connectivity index (χ1v) is 13.5. The van der Waals surface area contributed by atoms with E-state index in [0.717, 1.165) is 36.3 Å². The lowest BCUT2D eigenvalue weighted by molar-refractivity contribution is 0.142. The van der Waals surface area contributed by atoms with E-state index >= 15 is 0 Å². The highest BCUT2D eigenvalue weighted by molar-refractivity contribution is 8.14. The van der Waals surface area contributed by atoms with Crippen molar-refractivity contribution in [3.63, 3.8) is 0 Å². The Morgan fingerprint density at radius 1 is 1.08 bits per heavy atom. The Labute approximate surface area is 223 Å². The molecule has 0 bridgehead atoms. The van der Waals surface area contributed by atoms with Gasteiger partial charge in [-0.25, -0.2) is 9.80 Å². The summed E-state index contributed by atoms with van der Waals surface area (Å²) >= 11 is 1.21. The Morgan fingerprint density at radius 2 is 1.84 bits per heavy atom. The molecule has 9 nitrogen and oxygen atoms in total. The van der Waals surface area contributed by atoms with Gasteiger partial charge in [-0.3, -0.25) is 10.1 Å². The summed E-state index contributed by atoms with van der Waals surface area (Å²) in [5.74, 6) is 1.80. The van der Waals surface area contributed by atoms with Crippen LogP contribution in [-0.4, -0.2) is 72.7 Å². The maximum atomic E-state index is 12.5. The zero-order valence-corrected chi connectivity index (χ0v) is 22.8. The van der Waals surface area contributed by atoms with Gasteiger partial charge < -0.3 is 19.1 Å². The maximum Gasteiger partial charge on any atom is 0.411 e. The molecule has 0 atom stereocenters. The molecule has 2 aromatic rings. The van der Waals surface area contributed by atoms with Crippen LogP contribution in [0.25, 0.3) is 0 Å². The molecule has 0 saturated heterocycles. The van der Waals surface area contributed by atoms with Gasteiger partial charge in [0.15, 0.2) is 11.5 Å². The number of nitrogens with one attached hydrogen (secondary N) is 1. The van der Waals surface area contributed by atoms with Crippen molar-refractivity contribution < 1.29 is 23.8 Å². The largest absolute Gasteiger partial charge is 0.493 e. The standard InChI is InChI=1S/C27H36N4O5S/c1-5-15-35-25-17-21(10-13-24(25)34-4)23-19-37-27(33)31(29-23)18-20-8-11-22(12-9-20)28-26(32)36-16-14-30(6-2)7-3/h8-13,17H,5-7,14-16,18-19H2,1-4H3,(H,28,32). The van der Waals surface area contributed by atoms with E-state index in [1.807, 2.05) is 37.3 Å². The summed E-state index contributed by atoms with van der Waals surface area (Å²) in [5.41, 5.74) is 3.19. The van der Waals surface area contributed by atoms with Crippen molar-refractivity contribution in [1.29, 1.82) is 0 Å². The van der Waals surface area contributed by atoms with E-state index in [1.54, 1.807) is 19.2 Å². The van der Waals surface area contributed by atoms with Crippen molar-refractivity contribution >= 4 is 34.5 Å². The van der Waals surface area contributed by atoms with Gasteiger partial charge in [0, 0.05) is 23.5 Å². The van der Waals surface area contributed by atoms with Gasteiger partial charge in [-0.05, 0) is 55.4 Å². The SMILES string of the molecule is CCCOc1cc(C2=NN(Cc3ccc(NC(=O)OCCN(CC)CC)cc3)C(=O)SC2)ccc1OC. The van der Waals surface area contributed by atoms with E-state index in [4.69, 9.17) is 14.2 Å². The number of nitrogens with zero attached hydrogens (tertiary/aromatic N) is 3. The first-order valence-electron chi connectivity index (χ1n) is 12.5. The van der Waals surface area contributed by atoms with Crippen molar-refractivity contribution in [2.45, 2.75) is 33.7 Å². The maximum absolute atomic E-state index is 12.5. The molecule has 0 saturated carbocycles. The van der Waals surface area contributed by atoms with E-state index < -0.39 is 6.09 Å². The summed E-state index contributed by atoms with van der Waals surface area (Å²) in [4.78, 5) is 26.8. The van der Waals surface area contributed by atoms with E-state index in [-0.39, 0.29) is 5.24 Å². The van der Waals surface area contributed by atoms with Crippen LogP contribution in [0.1, 0.15) is 38.3 Å². The molecule has 2 amide bonds. The molecule has 3 rings (SSSR count). The van der Waals surface area contributed by atoms with Crippen LogP contribution in [0.2, 0.25) is 0 Å². The fourth-order valence-corrected chi connectivity index (χ4v) is 4.41. The molecule has 200 valence electrons. The van der Waals surface area contributed by atoms with Gasteiger partial charge in [-0.15, -0.1) is 0 Å². The first-order chi connectivity index (χ1) is 18.0. The molecule has 37 heavy (non-hydrogen) atoms. The van der Waals surface area contributed by atoms with Crippen LogP contribution in [0.15, 0.2) is 47.6 Å². The quantitative estimate of drug-likeness (QED) is 0.370. The van der Waals surface area contributed by atoms with Gasteiger partial charge in [0.05, 0.1) is 26.0 Å². The lowest BCUT2D eigenvalue weighted by Gasteiger charge is -2.23. The highest BCUT2D eigenvalue weighted by Crippen LogP contribution is 2.30. The van der Waals surface area contributed by atoms with Crippen LogP contribution in [0.3, 0.4) is 0 Å². The lowest BCUT2D eigenvalue weighted by Crippen LogP contribution is -2.29. The van der Waals surface area contributed by atoms with Crippen LogP contribution >= 0.6 is 11.8 Å². The first kappa shape index (κ1) is 28.3. The number of methoxy groups -OCH3 is 1. The van der Waals surface area contributed by atoms with E-state index in [0.29, 0.717) is 49.2 Å². The van der Waals surface area contributed by atoms with Gasteiger partial charge in [-0.1, -0.05) is 44.7 Å². The number of anilines is 1. The molecule has 1 aliphatic rings. The molecule has 0 unspecified atom stereocenters. The number of rotatable bonds is 13. The molecule has 1 heterocycles. The third-order valence-corrected chi connectivity index (χ3v) is 6.69. The van der Waals surface area contributed by atoms with Crippen molar-refractivity contribution in [2.75, 3.05) is 51.0 Å². The Morgan fingerprint density at radius 3 is 2.51 bits per heavy atom. The highest BCUT2D eigenvalue weighted by atomic mass is 32.2. The molecule has 1 aliphatic heterocycles. The Hall–Kier alpha value is -3.24. The summed E-state index contributed by atoms with van der Waals surface area (Å²) in [6.07, 6.45) is 0.400. The van der Waals surface area contributed by atoms with Crippen LogP contribution in [0.5, 0.6) is 11.5 Å². The second-order valence-electron chi connectivity index (χ2n) is 8.36. The van der Waals surface area contributed by atoms with Gasteiger partial charge in [-0.2, -0.15) is 5.10 Å². The van der Waals surface area contributed by atoms with Crippen molar-refractivity contribution in [3.8, 4) is 11.5 Å². The van der Waals surface area contributed by atoms with Crippen LogP contribution in [-0.2, 0) is 11.3 Å². The molecule has 0 spiro atoms. The Kier molecular flexibility index (Phi) is 11.1. The number of carbonyl (C=O) groups is 2. The average molecular weight is 529 g/mol. The molecule has 0 radical (unpaired) electrons.